The Labute approximate surface area is 156 Å². The zero-order valence-electron chi connectivity index (χ0n) is 16.1. The highest BCUT2D eigenvalue weighted by Gasteiger charge is 2.57. The number of nitrogens with zero attached hydrogens (tertiary/aromatic N) is 2. The summed E-state index contributed by atoms with van der Waals surface area (Å²) in [7, 11) is 4.14. The van der Waals surface area contributed by atoms with Crippen LogP contribution < -0.4 is 0 Å². The second-order valence-corrected chi connectivity index (χ2v) is 8.89. The van der Waals surface area contributed by atoms with Gasteiger partial charge >= 0.3 is 6.09 Å². The van der Waals surface area contributed by atoms with E-state index < -0.39 is 6.09 Å². The van der Waals surface area contributed by atoms with Gasteiger partial charge in [0.1, 0.15) is 0 Å². The van der Waals surface area contributed by atoms with Gasteiger partial charge in [-0.25, -0.2) is 4.79 Å². The van der Waals surface area contributed by atoms with Crippen molar-refractivity contribution >= 4 is 17.7 Å². The molecule has 1 amide bonds. The quantitative estimate of drug-likeness (QED) is 0.746. The van der Waals surface area contributed by atoms with Gasteiger partial charge in [0.25, 0.3) is 0 Å². The van der Waals surface area contributed by atoms with Gasteiger partial charge in [0.15, 0.2) is 0 Å². The van der Waals surface area contributed by atoms with Gasteiger partial charge in [-0.05, 0) is 68.9 Å². The lowest BCUT2D eigenvalue weighted by atomic mass is 9.82. The molecule has 1 aromatic carbocycles. The maximum absolute atomic E-state index is 12.0. The van der Waals surface area contributed by atoms with E-state index in [1.165, 1.54) is 5.56 Å². The van der Waals surface area contributed by atoms with Crippen molar-refractivity contribution in [1.29, 1.82) is 0 Å². The van der Waals surface area contributed by atoms with Crippen LogP contribution >= 0.6 is 11.6 Å². The van der Waals surface area contributed by atoms with Crippen LogP contribution in [0.4, 0.5) is 4.79 Å². The maximum Gasteiger partial charge on any atom is 0.408 e. The molecule has 1 fully saturated rings. The molecule has 1 aliphatic rings. The highest BCUT2D eigenvalue weighted by Crippen LogP contribution is 2.54. The largest absolute Gasteiger partial charge is 0.465 e. The van der Waals surface area contributed by atoms with Crippen molar-refractivity contribution in [3.05, 3.63) is 34.3 Å². The first-order valence-corrected chi connectivity index (χ1v) is 9.37. The molecule has 0 atom stereocenters. The number of carboxylic acid groups (broad SMARTS) is 1. The molecule has 2 rings (SSSR count). The maximum atomic E-state index is 12.0. The van der Waals surface area contributed by atoms with Crippen molar-refractivity contribution in [3.8, 4) is 0 Å². The lowest BCUT2D eigenvalue weighted by molar-refractivity contribution is 0.0630. The van der Waals surface area contributed by atoms with E-state index in [0.29, 0.717) is 11.6 Å². The Morgan fingerprint density at radius 2 is 1.92 bits per heavy atom. The average Bonchev–Trinajstić information content (AvgIpc) is 3.28. The Balaban J connectivity index is 2.18. The monoisotopic (exact) mass is 366 g/mol. The molecule has 0 heterocycles. The topological polar surface area (TPSA) is 43.8 Å². The molecule has 0 saturated heterocycles. The molecule has 25 heavy (non-hydrogen) atoms. The minimum atomic E-state index is -0.860. The summed E-state index contributed by atoms with van der Waals surface area (Å²) in [6, 6.07) is 6.02. The number of hydrogen-bond donors (Lipinski definition) is 1. The van der Waals surface area contributed by atoms with Crippen molar-refractivity contribution < 1.29 is 9.90 Å². The molecule has 140 valence electrons. The molecule has 1 saturated carbocycles. The van der Waals surface area contributed by atoms with Gasteiger partial charge in [0.2, 0.25) is 0 Å². The third-order valence-corrected chi connectivity index (χ3v) is 5.75. The minimum absolute atomic E-state index is 0.0822. The number of aryl methyl sites for hydroxylation is 1. The first-order valence-electron chi connectivity index (χ1n) is 8.99. The van der Waals surface area contributed by atoms with Gasteiger partial charge in [-0.15, -0.1) is 0 Å². The second kappa shape index (κ2) is 7.55. The molecular weight excluding hydrogens is 336 g/mol. The van der Waals surface area contributed by atoms with E-state index in [1.54, 1.807) is 4.90 Å². The Bertz CT molecular complexity index is 619. The number of benzene rings is 1. The van der Waals surface area contributed by atoms with Crippen LogP contribution in [0.1, 0.15) is 51.2 Å². The number of halogens is 1. The third kappa shape index (κ3) is 4.68. The van der Waals surface area contributed by atoms with E-state index in [1.807, 2.05) is 12.1 Å². The average molecular weight is 367 g/mol. The van der Waals surface area contributed by atoms with Gasteiger partial charge in [-0.2, -0.15) is 0 Å². The van der Waals surface area contributed by atoms with Gasteiger partial charge in [0, 0.05) is 5.02 Å². The van der Waals surface area contributed by atoms with Crippen LogP contribution in [0.25, 0.3) is 0 Å². The van der Waals surface area contributed by atoms with Crippen molar-refractivity contribution in [2.75, 3.05) is 20.6 Å². The van der Waals surface area contributed by atoms with Crippen molar-refractivity contribution in [3.63, 3.8) is 0 Å². The molecule has 5 heteroatoms. The van der Waals surface area contributed by atoms with Crippen LogP contribution in [0.3, 0.4) is 0 Å². The van der Waals surface area contributed by atoms with Crippen LogP contribution in [0.2, 0.25) is 5.02 Å². The van der Waals surface area contributed by atoms with Crippen LogP contribution in [0.15, 0.2) is 18.2 Å². The fourth-order valence-corrected chi connectivity index (χ4v) is 3.80. The Kier molecular flexibility index (Phi) is 6.05. The number of amides is 1. The molecule has 0 aromatic heterocycles. The third-order valence-electron chi connectivity index (χ3n) is 5.38. The molecule has 0 aliphatic heterocycles. The molecule has 0 unspecified atom stereocenters. The summed E-state index contributed by atoms with van der Waals surface area (Å²) < 4.78 is 0. The number of carbonyl (C=O) groups is 1. The molecule has 1 aliphatic carbocycles. The highest BCUT2D eigenvalue weighted by molar-refractivity contribution is 6.31. The molecule has 4 nitrogen and oxygen atoms in total. The summed E-state index contributed by atoms with van der Waals surface area (Å²) in [5.41, 5.74) is 1.76. The Hall–Kier alpha value is -1.26. The standard InChI is InChI=1S/C20H31ClN2O2/c1-19(2,3)20(10-11-20)23(18(24)25)14-16-13-15(8-9-17(16)21)7-6-12-22(4)5/h8-9,13H,6-7,10-12,14H2,1-5H3,(H,24,25). The molecule has 0 radical (unpaired) electrons. The SMILES string of the molecule is CN(C)CCCc1ccc(Cl)c(CN(C(=O)O)C2(C(C)(C)C)CC2)c1. The molecule has 1 aromatic rings. The lowest BCUT2D eigenvalue weighted by Gasteiger charge is -2.39. The Morgan fingerprint density at radius 1 is 1.28 bits per heavy atom. The summed E-state index contributed by atoms with van der Waals surface area (Å²) in [5.74, 6) is 0. The summed E-state index contributed by atoms with van der Waals surface area (Å²) in [5, 5.41) is 10.5. The van der Waals surface area contributed by atoms with Crippen LogP contribution in [-0.2, 0) is 13.0 Å². The van der Waals surface area contributed by atoms with Gasteiger partial charge in [-0.3, -0.25) is 4.90 Å². The molecule has 0 spiro atoms. The Morgan fingerprint density at radius 3 is 2.40 bits per heavy atom. The van der Waals surface area contributed by atoms with E-state index in [-0.39, 0.29) is 11.0 Å². The molecular formula is C20H31ClN2O2. The van der Waals surface area contributed by atoms with Crippen molar-refractivity contribution in [1.82, 2.24) is 9.80 Å². The minimum Gasteiger partial charge on any atom is -0.465 e. The lowest BCUT2D eigenvalue weighted by Crippen LogP contribution is -2.48. The normalized spacial score (nSPS) is 16.1. The van der Waals surface area contributed by atoms with Crippen molar-refractivity contribution in [2.45, 2.75) is 58.5 Å². The number of rotatable bonds is 7. The van der Waals surface area contributed by atoms with Gasteiger partial charge < -0.3 is 10.0 Å². The summed E-state index contributed by atoms with van der Waals surface area (Å²) in [6.45, 7) is 7.75. The fraction of sp³-hybridized carbons (Fsp3) is 0.650. The summed E-state index contributed by atoms with van der Waals surface area (Å²) in [4.78, 5) is 15.7. The van der Waals surface area contributed by atoms with E-state index in [4.69, 9.17) is 11.6 Å². The van der Waals surface area contributed by atoms with E-state index in [2.05, 4.69) is 45.8 Å². The zero-order chi connectivity index (χ0) is 18.8. The highest BCUT2D eigenvalue weighted by atomic mass is 35.5. The zero-order valence-corrected chi connectivity index (χ0v) is 16.9. The summed E-state index contributed by atoms with van der Waals surface area (Å²) in [6.07, 6.45) is 3.02. The second-order valence-electron chi connectivity index (χ2n) is 8.48. The van der Waals surface area contributed by atoms with Crippen LogP contribution in [0.5, 0.6) is 0 Å². The predicted molar refractivity (Wildman–Crippen MR) is 103 cm³/mol. The van der Waals surface area contributed by atoms with E-state index >= 15 is 0 Å². The van der Waals surface area contributed by atoms with Crippen LogP contribution in [0, 0.1) is 5.41 Å². The first kappa shape index (κ1) is 20.1. The fourth-order valence-electron chi connectivity index (χ4n) is 3.62. The van der Waals surface area contributed by atoms with Gasteiger partial charge in [-0.1, -0.05) is 44.5 Å². The summed E-state index contributed by atoms with van der Waals surface area (Å²) >= 11 is 6.39. The van der Waals surface area contributed by atoms with Crippen molar-refractivity contribution in [2.24, 2.45) is 5.41 Å². The predicted octanol–water partition coefficient (Wildman–Crippen LogP) is 4.89. The number of hydrogen-bond acceptors (Lipinski definition) is 2. The van der Waals surface area contributed by atoms with E-state index in [9.17, 15) is 9.90 Å². The van der Waals surface area contributed by atoms with Crippen LogP contribution in [-0.4, -0.2) is 47.2 Å². The van der Waals surface area contributed by atoms with E-state index in [0.717, 1.165) is 37.8 Å². The first-order chi connectivity index (χ1) is 11.6. The van der Waals surface area contributed by atoms with Gasteiger partial charge in [0.05, 0.1) is 12.1 Å². The molecule has 1 N–H and O–H groups in total. The smallest absolute Gasteiger partial charge is 0.408 e. The molecule has 0 bridgehead atoms.